The molecule has 700 valence electrons. The van der Waals surface area contributed by atoms with E-state index in [1.165, 1.54) is 24.3 Å². The van der Waals surface area contributed by atoms with Gasteiger partial charge in [-0.25, -0.2) is 0 Å². The Bertz CT molecular complexity index is 2740. The van der Waals surface area contributed by atoms with Crippen molar-refractivity contribution in [2.24, 2.45) is 0 Å². The molecule has 0 amide bonds. The van der Waals surface area contributed by atoms with Crippen LogP contribution in [0.1, 0.15) is 30.4 Å². The molecule has 0 radical (unpaired) electrons. The Labute approximate surface area is 743 Å². The SMILES string of the molecule is C=CCOCC(COCCOCCCOCC1COCCSCCOCCOCCSCCO1)OCCOCCCOCC1COCCSCCOCCOCCSCCO1.C=CCOCC(COCCOS(=O)(=O)c1ccc(C)cc1)OCCOS(=O)(=O)c1ccc(C)cc1.OCCCOCC1COCCSCCOCCOCCSCCO1. The number of ether oxygens (including phenoxy) is 23. The van der Waals surface area contributed by atoms with E-state index in [4.69, 9.17) is 122 Å². The lowest BCUT2D eigenvalue weighted by molar-refractivity contribution is -0.0781. The Balaban J connectivity index is 0.000000526. The molecule has 3 heterocycles. The first kappa shape index (κ1) is 113. The van der Waals surface area contributed by atoms with Crippen molar-refractivity contribution in [1.82, 2.24) is 0 Å². The smallest absolute Gasteiger partial charge is 0.297 e. The molecule has 120 heavy (non-hydrogen) atoms. The predicted molar refractivity (Wildman–Crippen MR) is 477 cm³/mol. The minimum Gasteiger partial charge on any atom is -0.396 e. The van der Waals surface area contributed by atoms with Gasteiger partial charge < -0.3 is 114 Å². The molecule has 5 unspecified atom stereocenters. The highest BCUT2D eigenvalue weighted by Crippen LogP contribution is 2.17. The Hall–Kier alpha value is -1.12. The fourth-order valence-electron chi connectivity index (χ4n) is 9.86. The molecule has 1 N–H and O–H groups in total. The zero-order chi connectivity index (χ0) is 85.9. The summed E-state index contributed by atoms with van der Waals surface area (Å²) < 4.78 is 191. The van der Waals surface area contributed by atoms with Gasteiger partial charge in [0.05, 0.1) is 261 Å². The lowest BCUT2D eigenvalue weighted by atomic mass is 10.2. The molecule has 2 aromatic rings. The van der Waals surface area contributed by atoms with E-state index in [-0.39, 0.29) is 80.5 Å². The summed E-state index contributed by atoms with van der Waals surface area (Å²) in [5.74, 6) is 11.3. The minimum absolute atomic E-state index is 0.00468. The van der Waals surface area contributed by atoms with Crippen LogP contribution >= 0.6 is 70.6 Å². The zero-order valence-electron chi connectivity index (χ0n) is 71.3. The highest BCUT2D eigenvalue weighted by Gasteiger charge is 2.20. The number of aliphatic hydroxyl groups excluding tert-OH is 1. The molecule has 5 atom stereocenters. The zero-order valence-corrected chi connectivity index (χ0v) is 77.9. The second kappa shape index (κ2) is 84.7. The van der Waals surface area contributed by atoms with Gasteiger partial charge in [0.1, 0.15) is 30.5 Å². The third-order valence-corrected chi connectivity index (χ3v) is 24.1. The normalized spacial score (nSPS) is 19.9. The summed E-state index contributed by atoms with van der Waals surface area (Å²) in [6, 6.07) is 12.7. The molecule has 38 heteroatoms. The number of thioether (sulfide) groups is 6. The largest absolute Gasteiger partial charge is 0.396 e. The standard InChI is InChI=1S/C42H80O15S4.C24H32O9S2.C16H32O6S2/c1-2-5-49-34-40(55-17-16-44-7-4-9-51-36-42-39-54-23-31-59-27-19-46-11-13-48-21-29-61-33-25-57-42)37-52-15-14-43-6-3-8-50-35-41-38-53-22-30-58-26-18-45-10-12-47-20-28-60-32-24-56-41;1-4-13-29-18-22(31-15-17-33-35(27,28)24-11-7-21(3)8-12-24)19-30-14-16-32-34(25,26)23-9-5-20(2)6-10-23;17-2-1-3-20-14-16-15-21-8-12-23-10-6-18-4-5-19-7-11-24-13-9-22-16/h2,40-42H,1,3-39H2;4-12,22H,1,13-19H2,2-3H3;16-17H,1-15H2. The maximum Gasteiger partial charge on any atom is 0.297 e. The minimum atomic E-state index is -3.89. The van der Waals surface area contributed by atoms with Crippen molar-refractivity contribution in [2.45, 2.75) is 73.4 Å². The van der Waals surface area contributed by atoms with Gasteiger partial charge in [-0.15, -0.1) is 13.2 Å². The molecule has 0 saturated carbocycles. The van der Waals surface area contributed by atoms with Crippen LogP contribution in [0, 0.1) is 13.8 Å². The average Bonchev–Trinajstić information content (AvgIpc) is 0.853. The topological polar surface area (TPSA) is 319 Å². The third kappa shape index (κ3) is 70.8. The van der Waals surface area contributed by atoms with Crippen LogP contribution in [0.5, 0.6) is 0 Å². The Kier molecular flexibility index (Phi) is 79.8. The summed E-state index contributed by atoms with van der Waals surface area (Å²) in [6.45, 7) is 32.8. The Morgan fingerprint density at radius 3 is 0.958 bits per heavy atom. The lowest BCUT2D eigenvalue weighted by Gasteiger charge is -2.19. The van der Waals surface area contributed by atoms with Crippen molar-refractivity contribution in [3.8, 4) is 0 Å². The van der Waals surface area contributed by atoms with Crippen molar-refractivity contribution in [3.63, 3.8) is 0 Å². The van der Waals surface area contributed by atoms with Crippen LogP contribution in [0.25, 0.3) is 0 Å². The van der Waals surface area contributed by atoms with E-state index in [2.05, 4.69) is 13.2 Å². The first-order chi connectivity index (χ1) is 59.0. The van der Waals surface area contributed by atoms with E-state index in [0.717, 1.165) is 133 Å². The first-order valence-corrected chi connectivity index (χ1v) is 51.4. The van der Waals surface area contributed by atoms with E-state index < -0.39 is 26.3 Å². The van der Waals surface area contributed by atoms with E-state index in [1.807, 2.05) is 84.4 Å². The van der Waals surface area contributed by atoms with Gasteiger partial charge in [-0.1, -0.05) is 47.5 Å². The molecule has 0 bridgehead atoms. The van der Waals surface area contributed by atoms with Gasteiger partial charge in [0.15, 0.2) is 0 Å². The van der Waals surface area contributed by atoms with E-state index >= 15 is 0 Å². The highest BCUT2D eigenvalue weighted by atomic mass is 32.2. The van der Waals surface area contributed by atoms with Crippen LogP contribution in [0.3, 0.4) is 0 Å². The van der Waals surface area contributed by atoms with Gasteiger partial charge in [-0.05, 0) is 57.4 Å². The molecule has 0 spiro atoms. The Morgan fingerprint density at radius 1 is 0.342 bits per heavy atom. The number of hydrogen-bond acceptors (Lipinski definition) is 36. The van der Waals surface area contributed by atoms with Gasteiger partial charge in [-0.3, -0.25) is 8.37 Å². The molecular formula is C82H144O30S8. The second-order valence-electron chi connectivity index (χ2n) is 26.3. The molecule has 3 aliphatic heterocycles. The van der Waals surface area contributed by atoms with Gasteiger partial charge in [0, 0.05) is 109 Å². The monoisotopic (exact) mass is 1860 g/mol. The molecule has 0 aliphatic carbocycles. The summed E-state index contributed by atoms with van der Waals surface area (Å²) >= 11 is 11.0. The number of aliphatic hydroxyl groups is 1. The van der Waals surface area contributed by atoms with Crippen LogP contribution in [-0.2, 0) is 138 Å². The Morgan fingerprint density at radius 2 is 0.617 bits per heavy atom. The summed E-state index contributed by atoms with van der Waals surface area (Å²) in [5, 5.41) is 8.78. The summed E-state index contributed by atoms with van der Waals surface area (Å²) in [6.07, 6.45) is 4.53. The van der Waals surface area contributed by atoms with Crippen molar-refractivity contribution in [3.05, 3.63) is 85.0 Å². The van der Waals surface area contributed by atoms with Crippen molar-refractivity contribution >= 4 is 90.8 Å². The van der Waals surface area contributed by atoms with Crippen LogP contribution in [0.15, 0.2) is 83.6 Å². The number of aryl methyl sites for hydroxylation is 2. The van der Waals surface area contributed by atoms with Crippen LogP contribution < -0.4 is 0 Å². The van der Waals surface area contributed by atoms with Crippen molar-refractivity contribution in [1.29, 1.82) is 0 Å². The second-order valence-corrected chi connectivity index (χ2v) is 36.8. The van der Waals surface area contributed by atoms with Gasteiger partial charge >= 0.3 is 0 Å². The average molecular weight is 1870 g/mol. The molecule has 2 aromatic carbocycles. The predicted octanol–water partition coefficient (Wildman–Crippen LogP) is 8.59. The van der Waals surface area contributed by atoms with E-state index in [9.17, 15) is 16.8 Å². The number of benzene rings is 2. The van der Waals surface area contributed by atoms with Crippen LogP contribution in [0.4, 0.5) is 0 Å². The fraction of sp³-hybridized carbons (Fsp3) is 0.805. The number of rotatable bonds is 47. The molecule has 3 saturated heterocycles. The maximum atomic E-state index is 12.2. The highest BCUT2D eigenvalue weighted by molar-refractivity contribution is 8.00. The van der Waals surface area contributed by atoms with Crippen molar-refractivity contribution < 1.29 is 139 Å². The molecule has 3 aliphatic rings. The fourth-order valence-corrected chi connectivity index (χ4v) is 15.6. The molecule has 30 nitrogen and oxygen atoms in total. The van der Waals surface area contributed by atoms with Crippen LogP contribution in [-0.4, -0.2) is 412 Å². The molecule has 0 aromatic heterocycles. The molecule has 3 fully saturated rings. The quantitative estimate of drug-likeness (QED) is 0.0368. The van der Waals surface area contributed by atoms with Gasteiger partial charge in [0.2, 0.25) is 0 Å². The van der Waals surface area contributed by atoms with Crippen LogP contribution in [0.2, 0.25) is 0 Å². The maximum absolute atomic E-state index is 12.2. The lowest BCUT2D eigenvalue weighted by Crippen LogP contribution is -2.28. The van der Waals surface area contributed by atoms with Gasteiger partial charge in [0.25, 0.3) is 20.2 Å². The van der Waals surface area contributed by atoms with Gasteiger partial charge in [-0.2, -0.15) is 87.4 Å². The summed E-state index contributed by atoms with van der Waals surface area (Å²) in [4.78, 5) is 0.139. The van der Waals surface area contributed by atoms with E-state index in [1.54, 1.807) is 36.4 Å². The first-order valence-electron chi connectivity index (χ1n) is 41.6. The molecular weight excluding hydrogens is 1720 g/mol. The third-order valence-electron chi connectivity index (χ3n) is 16.0. The summed E-state index contributed by atoms with van der Waals surface area (Å²) in [5.41, 5.74) is 1.88. The number of hydrogen-bond donors (Lipinski definition) is 1. The van der Waals surface area contributed by atoms with E-state index in [0.29, 0.717) is 211 Å². The van der Waals surface area contributed by atoms with Crippen molar-refractivity contribution in [2.75, 3.05) is 360 Å². The summed E-state index contributed by atoms with van der Waals surface area (Å²) in [7, 11) is -7.76. The molecule has 5 rings (SSSR count).